The molecular formula is C20H24O5S. The molecule has 26 heavy (non-hydrogen) atoms. The van der Waals surface area contributed by atoms with Crippen molar-refractivity contribution in [3.8, 4) is 0 Å². The van der Waals surface area contributed by atoms with Crippen LogP contribution in [0.5, 0.6) is 0 Å². The number of carbonyl (C=O) groups excluding carboxylic acids is 1. The minimum atomic E-state index is -3.81. The molecule has 0 saturated heterocycles. The molecule has 0 bridgehead atoms. The summed E-state index contributed by atoms with van der Waals surface area (Å²) in [5.74, 6) is -0.349. The van der Waals surface area contributed by atoms with Crippen LogP contribution in [0, 0.1) is 6.92 Å². The van der Waals surface area contributed by atoms with E-state index in [0.717, 1.165) is 16.7 Å². The Hall–Kier alpha value is -2.18. The topological polar surface area (TPSA) is 69.7 Å². The molecule has 0 unspecified atom stereocenters. The fourth-order valence-corrected chi connectivity index (χ4v) is 3.66. The van der Waals surface area contributed by atoms with Gasteiger partial charge in [0.05, 0.1) is 24.0 Å². The lowest BCUT2D eigenvalue weighted by atomic mass is 9.81. The van der Waals surface area contributed by atoms with Crippen molar-refractivity contribution in [1.82, 2.24) is 0 Å². The fourth-order valence-electron chi connectivity index (χ4n) is 2.75. The first kappa shape index (κ1) is 20.1. The van der Waals surface area contributed by atoms with Crippen molar-refractivity contribution in [1.29, 1.82) is 0 Å². The molecule has 0 aliphatic rings. The maximum Gasteiger partial charge on any atom is 0.315 e. The highest BCUT2D eigenvalue weighted by molar-refractivity contribution is 7.86. The molecule has 140 valence electrons. The molecule has 0 aliphatic carbocycles. The number of methoxy groups -OCH3 is 1. The molecule has 0 fully saturated rings. The van der Waals surface area contributed by atoms with Gasteiger partial charge in [0, 0.05) is 0 Å². The fraction of sp³-hybridized carbons (Fsp3) is 0.350. The summed E-state index contributed by atoms with van der Waals surface area (Å²) in [7, 11) is -2.46. The Balaban J connectivity index is 2.13. The summed E-state index contributed by atoms with van der Waals surface area (Å²) >= 11 is 0. The number of rotatable bonds is 7. The Morgan fingerprint density at radius 2 is 1.65 bits per heavy atom. The van der Waals surface area contributed by atoms with Crippen molar-refractivity contribution in [2.45, 2.75) is 37.5 Å². The molecule has 2 aromatic carbocycles. The summed E-state index contributed by atoms with van der Waals surface area (Å²) in [6, 6.07) is 13.9. The van der Waals surface area contributed by atoms with Gasteiger partial charge in [0.25, 0.3) is 10.1 Å². The second-order valence-electron chi connectivity index (χ2n) is 6.61. The van der Waals surface area contributed by atoms with E-state index in [9.17, 15) is 13.2 Å². The van der Waals surface area contributed by atoms with Crippen LogP contribution < -0.4 is 0 Å². The van der Waals surface area contributed by atoms with Gasteiger partial charge in [-0.2, -0.15) is 8.42 Å². The first-order chi connectivity index (χ1) is 12.2. The van der Waals surface area contributed by atoms with Gasteiger partial charge in [0.2, 0.25) is 0 Å². The average molecular weight is 376 g/mol. The minimum absolute atomic E-state index is 0.00945. The van der Waals surface area contributed by atoms with Crippen LogP contribution >= 0.6 is 0 Å². The van der Waals surface area contributed by atoms with Crippen molar-refractivity contribution in [2.24, 2.45) is 0 Å². The highest BCUT2D eigenvalue weighted by atomic mass is 32.2. The molecule has 2 aromatic rings. The van der Waals surface area contributed by atoms with Crippen molar-refractivity contribution in [2.75, 3.05) is 13.7 Å². The van der Waals surface area contributed by atoms with Crippen LogP contribution in [0.4, 0.5) is 0 Å². The Morgan fingerprint density at radius 3 is 2.27 bits per heavy atom. The Bertz CT molecular complexity index is 867. The van der Waals surface area contributed by atoms with Gasteiger partial charge in [-0.05, 0) is 50.5 Å². The van der Waals surface area contributed by atoms with E-state index in [1.54, 1.807) is 26.0 Å². The molecule has 2 rings (SSSR count). The monoisotopic (exact) mass is 376 g/mol. The summed E-state index contributed by atoms with van der Waals surface area (Å²) in [5, 5.41) is 0. The van der Waals surface area contributed by atoms with Gasteiger partial charge in [-0.15, -0.1) is 0 Å². The molecular weight excluding hydrogens is 352 g/mol. The smallest absolute Gasteiger partial charge is 0.315 e. The third kappa shape index (κ3) is 4.51. The maximum absolute atomic E-state index is 12.3. The predicted octanol–water partition coefficient (Wildman–Crippen LogP) is 3.39. The number of aryl methyl sites for hydroxylation is 1. The zero-order valence-corrected chi connectivity index (χ0v) is 16.3. The van der Waals surface area contributed by atoms with Gasteiger partial charge in [-0.1, -0.05) is 42.0 Å². The van der Waals surface area contributed by atoms with Crippen molar-refractivity contribution >= 4 is 16.1 Å². The lowest BCUT2D eigenvalue weighted by molar-refractivity contribution is -0.146. The van der Waals surface area contributed by atoms with Crippen molar-refractivity contribution in [3.05, 3.63) is 65.2 Å². The van der Waals surface area contributed by atoms with Crippen LogP contribution in [-0.2, 0) is 35.7 Å². The number of hydrogen-bond donors (Lipinski definition) is 0. The number of ether oxygens (including phenoxy) is 1. The van der Waals surface area contributed by atoms with E-state index >= 15 is 0 Å². The minimum Gasteiger partial charge on any atom is -0.468 e. The SMILES string of the molecule is COC(=O)C(C)(C)c1ccccc1CCOS(=O)(=O)c1ccc(C)cc1. The molecule has 0 N–H and O–H groups in total. The van der Waals surface area contributed by atoms with E-state index in [1.807, 2.05) is 31.2 Å². The van der Waals surface area contributed by atoms with E-state index in [-0.39, 0.29) is 17.5 Å². The van der Waals surface area contributed by atoms with E-state index in [1.165, 1.54) is 19.2 Å². The van der Waals surface area contributed by atoms with Crippen LogP contribution in [0.1, 0.15) is 30.5 Å². The van der Waals surface area contributed by atoms with Gasteiger partial charge >= 0.3 is 5.97 Å². The summed E-state index contributed by atoms with van der Waals surface area (Å²) in [6.45, 7) is 5.44. The molecule has 0 atom stereocenters. The first-order valence-corrected chi connectivity index (χ1v) is 9.72. The lowest BCUT2D eigenvalue weighted by Crippen LogP contribution is -2.31. The third-order valence-electron chi connectivity index (χ3n) is 4.31. The second kappa shape index (κ2) is 8.01. The molecule has 0 radical (unpaired) electrons. The largest absolute Gasteiger partial charge is 0.468 e. The summed E-state index contributed by atoms with van der Waals surface area (Å²) < 4.78 is 34.6. The third-order valence-corrected chi connectivity index (χ3v) is 5.63. The molecule has 0 spiro atoms. The lowest BCUT2D eigenvalue weighted by Gasteiger charge is -2.25. The van der Waals surface area contributed by atoms with Crippen molar-refractivity contribution in [3.63, 3.8) is 0 Å². The van der Waals surface area contributed by atoms with Crippen LogP contribution in [0.15, 0.2) is 53.4 Å². The summed E-state index contributed by atoms with van der Waals surface area (Å²) in [5.41, 5.74) is 1.79. The highest BCUT2D eigenvalue weighted by Gasteiger charge is 2.32. The molecule has 0 aliphatic heterocycles. The van der Waals surface area contributed by atoms with E-state index in [2.05, 4.69) is 0 Å². The van der Waals surface area contributed by atoms with E-state index in [4.69, 9.17) is 8.92 Å². The molecule has 0 aromatic heterocycles. The number of hydrogen-bond acceptors (Lipinski definition) is 5. The second-order valence-corrected chi connectivity index (χ2v) is 8.23. The number of esters is 1. The van der Waals surface area contributed by atoms with Gasteiger partial charge in [-0.3, -0.25) is 8.98 Å². The molecule has 0 heterocycles. The molecule has 0 saturated carbocycles. The summed E-state index contributed by atoms with van der Waals surface area (Å²) in [4.78, 5) is 12.2. The van der Waals surface area contributed by atoms with E-state index < -0.39 is 15.5 Å². The van der Waals surface area contributed by atoms with Crippen LogP contribution in [0.3, 0.4) is 0 Å². The van der Waals surface area contributed by atoms with Crippen LogP contribution in [-0.4, -0.2) is 28.1 Å². The Kier molecular flexibility index (Phi) is 6.21. The van der Waals surface area contributed by atoms with Gasteiger partial charge < -0.3 is 4.74 Å². The average Bonchev–Trinajstić information content (AvgIpc) is 2.61. The van der Waals surface area contributed by atoms with E-state index in [0.29, 0.717) is 6.42 Å². The Labute approximate surface area is 155 Å². The van der Waals surface area contributed by atoms with Crippen molar-refractivity contribution < 1.29 is 22.1 Å². The van der Waals surface area contributed by atoms with Gasteiger partial charge in [0.15, 0.2) is 0 Å². The summed E-state index contributed by atoms with van der Waals surface area (Å²) in [6.07, 6.45) is 0.363. The van der Waals surface area contributed by atoms with Crippen LogP contribution in [0.25, 0.3) is 0 Å². The standard InChI is InChI=1S/C20H24O5S/c1-15-9-11-17(12-10-15)26(22,23)25-14-13-16-7-5-6-8-18(16)20(2,3)19(21)24-4/h5-12H,13-14H2,1-4H3. The maximum atomic E-state index is 12.3. The number of benzene rings is 2. The number of carbonyl (C=O) groups is 1. The van der Waals surface area contributed by atoms with Gasteiger partial charge in [-0.25, -0.2) is 0 Å². The zero-order valence-electron chi connectivity index (χ0n) is 15.5. The zero-order chi connectivity index (χ0) is 19.4. The molecule has 5 nitrogen and oxygen atoms in total. The molecule has 0 amide bonds. The first-order valence-electron chi connectivity index (χ1n) is 8.31. The highest BCUT2D eigenvalue weighted by Crippen LogP contribution is 2.28. The normalized spacial score (nSPS) is 12.0. The quantitative estimate of drug-likeness (QED) is 0.547. The van der Waals surface area contributed by atoms with Crippen LogP contribution in [0.2, 0.25) is 0 Å². The van der Waals surface area contributed by atoms with Gasteiger partial charge in [0.1, 0.15) is 0 Å². The Morgan fingerprint density at radius 1 is 1.04 bits per heavy atom. The predicted molar refractivity (Wildman–Crippen MR) is 99.5 cm³/mol. The molecule has 6 heteroatoms.